The number of para-hydroxylation sites is 1. The predicted octanol–water partition coefficient (Wildman–Crippen LogP) is 1.49. The third-order valence-corrected chi connectivity index (χ3v) is 3.90. The molecule has 2 aliphatic heterocycles. The van der Waals surface area contributed by atoms with Crippen molar-refractivity contribution in [2.75, 3.05) is 44.6 Å². The first kappa shape index (κ1) is 11.1. The molecule has 0 bridgehead atoms. The van der Waals surface area contributed by atoms with Crippen LogP contribution in [0.25, 0.3) is 0 Å². The Hall–Kier alpha value is -1.06. The summed E-state index contributed by atoms with van der Waals surface area (Å²) >= 11 is 0. The van der Waals surface area contributed by atoms with Crippen LogP contribution in [0.3, 0.4) is 0 Å². The number of nitrogens with zero attached hydrogens (tertiary/aromatic N) is 1. The summed E-state index contributed by atoms with van der Waals surface area (Å²) in [6, 6.07) is 8.78. The highest BCUT2D eigenvalue weighted by atomic mass is 15.2. The number of hydrogen-bond acceptors (Lipinski definition) is 3. The second-order valence-electron chi connectivity index (χ2n) is 5.05. The summed E-state index contributed by atoms with van der Waals surface area (Å²) in [7, 11) is 0. The number of fused-ring (bicyclic) bond motifs is 1. The summed E-state index contributed by atoms with van der Waals surface area (Å²) in [6.07, 6.45) is 1.26. The molecule has 2 aliphatic rings. The maximum absolute atomic E-state index is 3.50. The molecule has 2 N–H and O–H groups in total. The fraction of sp³-hybridized carbons (Fsp3) is 0.571. The predicted molar refractivity (Wildman–Crippen MR) is 71.6 cm³/mol. The van der Waals surface area contributed by atoms with Crippen molar-refractivity contribution in [1.29, 1.82) is 0 Å². The van der Waals surface area contributed by atoms with Crippen LogP contribution >= 0.6 is 0 Å². The third kappa shape index (κ3) is 2.45. The van der Waals surface area contributed by atoms with Crippen molar-refractivity contribution in [2.45, 2.75) is 12.3 Å². The molecule has 0 saturated carbocycles. The van der Waals surface area contributed by atoms with Gasteiger partial charge in [0.25, 0.3) is 0 Å². The van der Waals surface area contributed by atoms with Gasteiger partial charge in [0.2, 0.25) is 0 Å². The second-order valence-corrected chi connectivity index (χ2v) is 5.05. The van der Waals surface area contributed by atoms with Gasteiger partial charge in [-0.05, 0) is 18.1 Å². The molecule has 3 nitrogen and oxygen atoms in total. The molecule has 3 heteroatoms. The Morgan fingerprint density at radius 1 is 1.12 bits per heavy atom. The molecule has 3 rings (SSSR count). The number of piperazine rings is 1. The van der Waals surface area contributed by atoms with Crippen molar-refractivity contribution in [2.24, 2.45) is 0 Å². The van der Waals surface area contributed by atoms with Crippen LogP contribution in [0.15, 0.2) is 24.3 Å². The molecule has 1 unspecified atom stereocenters. The van der Waals surface area contributed by atoms with Crippen molar-refractivity contribution >= 4 is 5.69 Å². The minimum Gasteiger partial charge on any atom is -0.385 e. The number of rotatable bonds is 2. The number of hydrogen-bond donors (Lipinski definition) is 2. The Kier molecular flexibility index (Phi) is 3.29. The second kappa shape index (κ2) is 5.07. The van der Waals surface area contributed by atoms with Crippen molar-refractivity contribution in [3.05, 3.63) is 29.8 Å². The molecular formula is C14H21N3. The van der Waals surface area contributed by atoms with E-state index in [1.54, 1.807) is 0 Å². The molecule has 1 aromatic rings. The van der Waals surface area contributed by atoms with Crippen molar-refractivity contribution < 1.29 is 0 Å². The molecule has 92 valence electrons. The van der Waals surface area contributed by atoms with E-state index in [2.05, 4.69) is 39.8 Å². The van der Waals surface area contributed by atoms with Crippen molar-refractivity contribution in [3.8, 4) is 0 Å². The Bertz CT molecular complexity index is 371. The van der Waals surface area contributed by atoms with Crippen LogP contribution in [0.4, 0.5) is 5.69 Å². The molecule has 1 saturated heterocycles. The van der Waals surface area contributed by atoms with Crippen LogP contribution in [-0.4, -0.2) is 44.2 Å². The monoisotopic (exact) mass is 231 g/mol. The van der Waals surface area contributed by atoms with E-state index in [0.717, 1.165) is 19.6 Å². The van der Waals surface area contributed by atoms with Gasteiger partial charge in [0.1, 0.15) is 0 Å². The van der Waals surface area contributed by atoms with E-state index in [1.165, 1.54) is 37.3 Å². The summed E-state index contributed by atoms with van der Waals surface area (Å²) in [6.45, 7) is 7.03. The van der Waals surface area contributed by atoms with Gasteiger partial charge in [-0.25, -0.2) is 0 Å². The zero-order valence-corrected chi connectivity index (χ0v) is 10.3. The van der Waals surface area contributed by atoms with Crippen LogP contribution in [0, 0.1) is 0 Å². The third-order valence-electron chi connectivity index (χ3n) is 3.90. The van der Waals surface area contributed by atoms with Gasteiger partial charge in [0.05, 0.1) is 0 Å². The molecule has 1 fully saturated rings. The van der Waals surface area contributed by atoms with Gasteiger partial charge in [-0.15, -0.1) is 0 Å². The zero-order valence-electron chi connectivity index (χ0n) is 10.3. The van der Waals surface area contributed by atoms with Gasteiger partial charge in [-0.3, -0.25) is 0 Å². The van der Waals surface area contributed by atoms with Crippen molar-refractivity contribution in [1.82, 2.24) is 10.2 Å². The van der Waals surface area contributed by atoms with Gasteiger partial charge >= 0.3 is 0 Å². The van der Waals surface area contributed by atoms with Crippen molar-refractivity contribution in [3.63, 3.8) is 0 Å². The van der Waals surface area contributed by atoms with Gasteiger partial charge < -0.3 is 15.5 Å². The van der Waals surface area contributed by atoms with E-state index in [-0.39, 0.29) is 0 Å². The molecule has 0 spiro atoms. The van der Waals surface area contributed by atoms with Gasteiger partial charge in [0, 0.05) is 50.9 Å². The van der Waals surface area contributed by atoms with Crippen LogP contribution in [0.2, 0.25) is 0 Å². The number of benzene rings is 1. The standard InChI is InChI=1S/C14H21N3/c1-2-4-14-13(3-1)12(5-6-16-14)11-17-9-7-15-8-10-17/h1-4,12,15-16H,5-11H2. The quantitative estimate of drug-likeness (QED) is 0.807. The SMILES string of the molecule is c1ccc2c(c1)NCCC2CN1CCNCC1. The van der Waals surface area contributed by atoms with E-state index in [9.17, 15) is 0 Å². The van der Waals surface area contributed by atoms with Crippen LogP contribution in [-0.2, 0) is 0 Å². The summed E-state index contributed by atoms with van der Waals surface area (Å²) in [5.74, 6) is 0.713. The Morgan fingerprint density at radius 3 is 2.82 bits per heavy atom. The molecule has 17 heavy (non-hydrogen) atoms. The molecular weight excluding hydrogens is 210 g/mol. The maximum Gasteiger partial charge on any atom is 0.0376 e. The highest BCUT2D eigenvalue weighted by Gasteiger charge is 2.22. The van der Waals surface area contributed by atoms with E-state index in [0.29, 0.717) is 5.92 Å². The lowest BCUT2D eigenvalue weighted by Gasteiger charge is -2.34. The average molecular weight is 231 g/mol. The number of nitrogens with one attached hydrogen (secondary N) is 2. The first-order chi connectivity index (χ1) is 8.43. The normalized spacial score (nSPS) is 25.1. The average Bonchev–Trinajstić information content (AvgIpc) is 2.40. The van der Waals surface area contributed by atoms with Gasteiger partial charge in [-0.1, -0.05) is 18.2 Å². The minimum atomic E-state index is 0.713. The molecule has 0 amide bonds. The molecule has 2 heterocycles. The molecule has 0 radical (unpaired) electrons. The number of anilines is 1. The van der Waals surface area contributed by atoms with E-state index in [4.69, 9.17) is 0 Å². The lowest BCUT2D eigenvalue weighted by molar-refractivity contribution is 0.224. The van der Waals surface area contributed by atoms with Crippen LogP contribution < -0.4 is 10.6 Å². The maximum atomic E-state index is 3.50. The minimum absolute atomic E-state index is 0.713. The summed E-state index contributed by atoms with van der Waals surface area (Å²) in [4.78, 5) is 2.60. The summed E-state index contributed by atoms with van der Waals surface area (Å²) < 4.78 is 0. The van der Waals surface area contributed by atoms with E-state index >= 15 is 0 Å². The van der Waals surface area contributed by atoms with Crippen LogP contribution in [0.1, 0.15) is 17.9 Å². The fourth-order valence-electron chi connectivity index (χ4n) is 2.95. The largest absolute Gasteiger partial charge is 0.385 e. The highest BCUT2D eigenvalue weighted by Crippen LogP contribution is 2.31. The first-order valence-corrected chi connectivity index (χ1v) is 6.69. The van der Waals surface area contributed by atoms with E-state index < -0.39 is 0 Å². The fourth-order valence-corrected chi connectivity index (χ4v) is 2.95. The summed E-state index contributed by atoms with van der Waals surface area (Å²) in [5, 5.41) is 6.92. The Morgan fingerprint density at radius 2 is 1.94 bits per heavy atom. The zero-order chi connectivity index (χ0) is 11.5. The van der Waals surface area contributed by atoms with E-state index in [1.807, 2.05) is 0 Å². The molecule has 1 atom stereocenters. The summed E-state index contributed by atoms with van der Waals surface area (Å²) in [5.41, 5.74) is 2.86. The molecule has 0 aromatic heterocycles. The van der Waals surface area contributed by atoms with Crippen LogP contribution in [0.5, 0.6) is 0 Å². The molecule has 0 aliphatic carbocycles. The smallest absolute Gasteiger partial charge is 0.0376 e. The lowest BCUT2D eigenvalue weighted by atomic mass is 9.90. The Labute approximate surface area is 103 Å². The molecule has 1 aromatic carbocycles. The highest BCUT2D eigenvalue weighted by molar-refractivity contribution is 5.54. The topological polar surface area (TPSA) is 27.3 Å². The lowest BCUT2D eigenvalue weighted by Crippen LogP contribution is -2.45. The Balaban J connectivity index is 1.71. The van der Waals surface area contributed by atoms with Gasteiger partial charge in [0.15, 0.2) is 0 Å². The first-order valence-electron chi connectivity index (χ1n) is 6.69. The van der Waals surface area contributed by atoms with Gasteiger partial charge in [-0.2, -0.15) is 0 Å².